The molecule has 1 aliphatic rings. The van der Waals surface area contributed by atoms with Crippen molar-refractivity contribution in [1.82, 2.24) is 4.72 Å². The number of nitrogens with one attached hydrogen (secondary N) is 2. The van der Waals surface area contributed by atoms with Crippen molar-refractivity contribution in [3.05, 3.63) is 52.5 Å². The predicted octanol–water partition coefficient (Wildman–Crippen LogP) is 3.15. The van der Waals surface area contributed by atoms with Crippen molar-refractivity contribution in [2.24, 2.45) is 0 Å². The van der Waals surface area contributed by atoms with Gasteiger partial charge in [-0.3, -0.25) is 4.79 Å². The Hall–Kier alpha value is -1.90. The van der Waals surface area contributed by atoms with E-state index < -0.39 is 15.9 Å². The molecule has 2 aromatic rings. The lowest BCUT2D eigenvalue weighted by Crippen LogP contribution is -2.26. The Morgan fingerprint density at radius 3 is 2.64 bits per heavy atom. The van der Waals surface area contributed by atoms with Crippen LogP contribution in [0.5, 0.6) is 5.75 Å². The molecule has 1 fully saturated rings. The van der Waals surface area contributed by atoms with Crippen LogP contribution in [0.2, 0.25) is 0 Å². The van der Waals surface area contributed by atoms with E-state index in [0.29, 0.717) is 15.9 Å². The van der Waals surface area contributed by atoms with Crippen LogP contribution in [0.3, 0.4) is 0 Å². The fraction of sp³-hybridized carbons (Fsp3) is 0.235. The van der Waals surface area contributed by atoms with Crippen LogP contribution >= 0.6 is 15.9 Å². The maximum atomic E-state index is 12.6. The number of sulfonamides is 1. The maximum absolute atomic E-state index is 12.6. The van der Waals surface area contributed by atoms with Crippen LogP contribution in [0.1, 0.15) is 23.2 Å². The molecular weight excluding hydrogens is 408 g/mol. The normalized spacial score (nSPS) is 14.2. The molecule has 3 rings (SSSR count). The minimum atomic E-state index is -3.62. The van der Waals surface area contributed by atoms with Crippen molar-refractivity contribution >= 4 is 37.5 Å². The van der Waals surface area contributed by atoms with E-state index in [9.17, 15) is 13.2 Å². The number of rotatable bonds is 6. The van der Waals surface area contributed by atoms with Gasteiger partial charge in [0.1, 0.15) is 5.75 Å². The quantitative estimate of drug-likeness (QED) is 0.745. The first kappa shape index (κ1) is 17.9. The van der Waals surface area contributed by atoms with E-state index in [-0.39, 0.29) is 16.5 Å². The Bertz CT molecular complexity index is 911. The molecule has 1 aliphatic carbocycles. The molecule has 25 heavy (non-hydrogen) atoms. The minimum Gasteiger partial charge on any atom is -0.497 e. The number of methoxy groups -OCH3 is 1. The van der Waals surface area contributed by atoms with Gasteiger partial charge in [-0.05, 0) is 59.1 Å². The molecule has 1 saturated carbocycles. The van der Waals surface area contributed by atoms with Gasteiger partial charge in [0.25, 0.3) is 5.91 Å². The molecule has 132 valence electrons. The van der Waals surface area contributed by atoms with Crippen LogP contribution < -0.4 is 14.8 Å². The van der Waals surface area contributed by atoms with Gasteiger partial charge in [0.05, 0.1) is 17.6 Å². The number of halogens is 1. The molecule has 0 radical (unpaired) electrons. The fourth-order valence-corrected chi connectivity index (χ4v) is 3.99. The largest absolute Gasteiger partial charge is 0.497 e. The molecule has 0 aliphatic heterocycles. The van der Waals surface area contributed by atoms with Crippen molar-refractivity contribution in [3.63, 3.8) is 0 Å². The van der Waals surface area contributed by atoms with E-state index in [4.69, 9.17) is 4.74 Å². The van der Waals surface area contributed by atoms with E-state index in [0.717, 1.165) is 12.8 Å². The van der Waals surface area contributed by atoms with Crippen molar-refractivity contribution < 1.29 is 17.9 Å². The molecule has 6 nitrogen and oxygen atoms in total. The lowest BCUT2D eigenvalue weighted by atomic mass is 10.2. The first-order chi connectivity index (χ1) is 11.9. The molecule has 0 aromatic heterocycles. The van der Waals surface area contributed by atoms with E-state index in [1.54, 1.807) is 37.4 Å². The summed E-state index contributed by atoms with van der Waals surface area (Å²) in [6.45, 7) is 0. The monoisotopic (exact) mass is 424 g/mol. The van der Waals surface area contributed by atoms with Gasteiger partial charge in [-0.25, -0.2) is 13.1 Å². The summed E-state index contributed by atoms with van der Waals surface area (Å²) in [5, 5.41) is 2.74. The molecule has 0 unspecified atom stereocenters. The van der Waals surface area contributed by atoms with Crippen molar-refractivity contribution in [2.45, 2.75) is 23.8 Å². The smallest absolute Gasteiger partial charge is 0.256 e. The van der Waals surface area contributed by atoms with Gasteiger partial charge in [-0.15, -0.1) is 0 Å². The number of carbonyl (C=O) groups excluding carboxylic acids is 1. The number of anilines is 1. The standard InChI is InChI=1S/C17H17BrN2O4S/c1-24-13-4-2-3-12(9-13)19-17(21)15-10-14(7-8-16(15)18)25(22,23)20-11-5-6-11/h2-4,7-11,20H,5-6H2,1H3,(H,19,21). The van der Waals surface area contributed by atoms with E-state index in [2.05, 4.69) is 26.0 Å². The Kier molecular flexibility index (Phi) is 5.12. The molecular formula is C17H17BrN2O4S. The lowest BCUT2D eigenvalue weighted by Gasteiger charge is -2.11. The zero-order chi connectivity index (χ0) is 18.0. The zero-order valence-electron chi connectivity index (χ0n) is 13.5. The fourth-order valence-electron chi connectivity index (χ4n) is 2.23. The second-order valence-electron chi connectivity index (χ2n) is 5.72. The first-order valence-electron chi connectivity index (χ1n) is 7.66. The third-order valence-corrected chi connectivity index (χ3v) is 5.93. The number of hydrogen-bond acceptors (Lipinski definition) is 4. The summed E-state index contributed by atoms with van der Waals surface area (Å²) in [6.07, 6.45) is 1.69. The molecule has 0 bridgehead atoms. The number of carbonyl (C=O) groups is 1. The number of benzene rings is 2. The molecule has 0 saturated heterocycles. The highest BCUT2D eigenvalue weighted by molar-refractivity contribution is 9.10. The topological polar surface area (TPSA) is 84.5 Å². The van der Waals surface area contributed by atoms with Crippen molar-refractivity contribution in [1.29, 1.82) is 0 Å². The summed E-state index contributed by atoms with van der Waals surface area (Å²) in [5.41, 5.74) is 0.794. The maximum Gasteiger partial charge on any atom is 0.256 e. The van der Waals surface area contributed by atoms with Crippen LogP contribution in [0.15, 0.2) is 51.8 Å². The summed E-state index contributed by atoms with van der Waals surface area (Å²) in [4.78, 5) is 12.6. The predicted molar refractivity (Wildman–Crippen MR) is 98.4 cm³/mol. The molecule has 0 atom stereocenters. The highest BCUT2D eigenvalue weighted by atomic mass is 79.9. The molecule has 0 heterocycles. The Labute approximate surface area is 154 Å². The average molecular weight is 425 g/mol. The molecule has 2 aromatic carbocycles. The highest BCUT2D eigenvalue weighted by Crippen LogP contribution is 2.26. The third-order valence-electron chi connectivity index (χ3n) is 3.72. The van der Waals surface area contributed by atoms with E-state index >= 15 is 0 Å². The lowest BCUT2D eigenvalue weighted by molar-refractivity contribution is 0.102. The second kappa shape index (κ2) is 7.15. The van der Waals surface area contributed by atoms with Crippen LogP contribution in [-0.4, -0.2) is 27.5 Å². The Morgan fingerprint density at radius 1 is 1.20 bits per heavy atom. The summed E-state index contributed by atoms with van der Waals surface area (Å²) >= 11 is 3.30. The summed E-state index contributed by atoms with van der Waals surface area (Å²) in [5.74, 6) is 0.199. The minimum absolute atomic E-state index is 0.00251. The van der Waals surface area contributed by atoms with E-state index in [1.165, 1.54) is 12.1 Å². The van der Waals surface area contributed by atoms with Gasteiger partial charge < -0.3 is 10.1 Å². The van der Waals surface area contributed by atoms with Gasteiger partial charge in [0.2, 0.25) is 10.0 Å². The SMILES string of the molecule is COc1cccc(NC(=O)c2cc(S(=O)(=O)NC3CC3)ccc2Br)c1. The van der Waals surface area contributed by atoms with Crippen LogP contribution in [0, 0.1) is 0 Å². The molecule has 8 heteroatoms. The summed E-state index contributed by atoms with van der Waals surface area (Å²) < 4.78 is 32.9. The van der Waals surface area contributed by atoms with Crippen LogP contribution in [0.4, 0.5) is 5.69 Å². The molecule has 2 N–H and O–H groups in total. The molecule has 0 spiro atoms. The van der Waals surface area contributed by atoms with Gasteiger partial charge in [0, 0.05) is 22.3 Å². The first-order valence-corrected chi connectivity index (χ1v) is 9.94. The Balaban J connectivity index is 1.85. The van der Waals surface area contributed by atoms with Gasteiger partial charge in [0.15, 0.2) is 0 Å². The number of amides is 1. The highest BCUT2D eigenvalue weighted by Gasteiger charge is 2.28. The summed E-state index contributed by atoms with van der Waals surface area (Å²) in [6, 6.07) is 11.3. The van der Waals surface area contributed by atoms with Crippen LogP contribution in [0.25, 0.3) is 0 Å². The van der Waals surface area contributed by atoms with Crippen molar-refractivity contribution in [3.8, 4) is 5.75 Å². The summed E-state index contributed by atoms with van der Waals surface area (Å²) in [7, 11) is -2.08. The zero-order valence-corrected chi connectivity index (χ0v) is 15.9. The van der Waals surface area contributed by atoms with Gasteiger partial charge >= 0.3 is 0 Å². The van der Waals surface area contributed by atoms with Gasteiger partial charge in [-0.2, -0.15) is 0 Å². The third kappa shape index (κ3) is 4.39. The number of ether oxygens (including phenoxy) is 1. The van der Waals surface area contributed by atoms with Crippen molar-refractivity contribution in [2.75, 3.05) is 12.4 Å². The number of hydrogen-bond donors (Lipinski definition) is 2. The van der Waals surface area contributed by atoms with E-state index in [1.807, 2.05) is 0 Å². The average Bonchev–Trinajstić information content (AvgIpc) is 3.38. The Morgan fingerprint density at radius 2 is 1.96 bits per heavy atom. The van der Waals surface area contributed by atoms with Crippen LogP contribution in [-0.2, 0) is 10.0 Å². The van der Waals surface area contributed by atoms with Gasteiger partial charge in [-0.1, -0.05) is 6.07 Å². The molecule has 1 amide bonds. The second-order valence-corrected chi connectivity index (χ2v) is 8.29.